The Balaban J connectivity index is 0. The van der Waals surface area contributed by atoms with E-state index in [9.17, 15) is 0 Å². The molecule has 0 rings (SSSR count). The third-order valence-corrected chi connectivity index (χ3v) is 9.00. The summed E-state index contributed by atoms with van der Waals surface area (Å²) in [6, 6.07) is 0. The molecule has 2 heteroatoms. The van der Waals surface area contributed by atoms with E-state index in [1.54, 1.807) is 24.6 Å². The summed E-state index contributed by atoms with van der Waals surface area (Å²) in [5.74, 6) is 0. The molecule has 0 aliphatic rings. The summed E-state index contributed by atoms with van der Waals surface area (Å²) < 4.78 is 0. The van der Waals surface area contributed by atoms with Gasteiger partial charge in [0, 0.05) is 7.26 Å². The van der Waals surface area contributed by atoms with Crippen LogP contribution in [0.5, 0.6) is 0 Å². The number of rotatable bonds is 12. The van der Waals surface area contributed by atoms with Gasteiger partial charge in [0.2, 0.25) is 24.0 Å². The molecule has 18 heavy (non-hydrogen) atoms. The van der Waals surface area contributed by atoms with E-state index in [0.29, 0.717) is 0 Å². The van der Waals surface area contributed by atoms with Crippen LogP contribution < -0.4 is 24.0 Å². The molecule has 0 nitrogen and oxygen atoms in total. The highest BCUT2D eigenvalue weighted by Gasteiger charge is 2.34. The fraction of sp³-hybridized carbons (Fsp3) is 1.00. The van der Waals surface area contributed by atoms with Gasteiger partial charge in [-0.1, -0.05) is 53.4 Å². The van der Waals surface area contributed by atoms with Crippen molar-refractivity contribution in [1.82, 2.24) is 0 Å². The molecule has 0 atom stereocenters. The third-order valence-electron chi connectivity index (χ3n) is 3.94. The summed E-state index contributed by atoms with van der Waals surface area (Å²) in [7, 11) is -0.562. The van der Waals surface area contributed by atoms with Crippen LogP contribution in [-0.2, 0) is 0 Å². The zero-order valence-corrected chi connectivity index (χ0v) is 16.8. The van der Waals surface area contributed by atoms with Gasteiger partial charge in [-0.3, -0.25) is 0 Å². The van der Waals surface area contributed by atoms with Gasteiger partial charge in [-0.2, -0.15) is 0 Å². The van der Waals surface area contributed by atoms with Gasteiger partial charge in [0.15, 0.2) is 0 Å². The fourth-order valence-electron chi connectivity index (χ4n) is 2.64. The van der Waals surface area contributed by atoms with E-state index >= 15 is 0 Å². The van der Waals surface area contributed by atoms with E-state index in [0.717, 1.165) is 0 Å². The Kier molecular flexibility index (Phi) is 17.4. The van der Waals surface area contributed by atoms with Crippen LogP contribution in [0.15, 0.2) is 0 Å². The predicted molar refractivity (Wildman–Crippen MR) is 88.8 cm³/mol. The number of hydrogen-bond acceptors (Lipinski definition) is 0. The summed E-state index contributed by atoms with van der Waals surface area (Å²) in [6.07, 6.45) is 17.9. The van der Waals surface area contributed by atoms with Crippen LogP contribution in [0, 0.1) is 0 Å². The zero-order chi connectivity index (χ0) is 13.0. The first-order valence-corrected chi connectivity index (χ1v) is 10.6. The van der Waals surface area contributed by atoms with Crippen molar-refractivity contribution < 1.29 is 24.0 Å². The van der Waals surface area contributed by atoms with Gasteiger partial charge in [0.1, 0.15) is 0 Å². The summed E-state index contributed by atoms with van der Waals surface area (Å²) >= 11 is 0. The van der Waals surface area contributed by atoms with Gasteiger partial charge in [-0.05, 0) is 25.7 Å². The maximum atomic E-state index is 2.36. The van der Waals surface area contributed by atoms with E-state index in [4.69, 9.17) is 0 Å². The second kappa shape index (κ2) is 14.6. The molecule has 0 aromatic rings. The van der Waals surface area contributed by atoms with Crippen molar-refractivity contribution in [3.63, 3.8) is 0 Å². The average Bonchev–Trinajstić information content (AvgIpc) is 2.37. The Hall–Kier alpha value is 1.16. The Bertz CT molecular complexity index is 122. The van der Waals surface area contributed by atoms with Crippen LogP contribution in [0.25, 0.3) is 0 Å². The lowest BCUT2D eigenvalue weighted by molar-refractivity contribution is -0.00000402. The molecule has 0 saturated carbocycles. The standard InChI is InChI=1S/C16H36P.H2I/c1-5-9-13-17(14-10-6-2,15-11-7-3)16-12-8-4;/h5-16H2,1-4H3;1H2/q2*+1. The molecule has 0 heterocycles. The zero-order valence-electron chi connectivity index (χ0n) is 13.4. The monoisotopic (exact) mass is 388 g/mol. The molecule has 0 spiro atoms. The Morgan fingerprint density at radius 3 is 0.889 bits per heavy atom. The topological polar surface area (TPSA) is 0 Å². The molecule has 0 aliphatic carbocycles. The van der Waals surface area contributed by atoms with Gasteiger partial charge in [0.05, 0.1) is 24.6 Å². The molecule has 112 valence electrons. The number of halogens is 1. The second-order valence-corrected chi connectivity index (χ2v) is 10.1. The highest BCUT2D eigenvalue weighted by molar-refractivity contribution is 7.75. The number of unbranched alkanes of at least 4 members (excludes halogenated alkanes) is 4. The van der Waals surface area contributed by atoms with Crippen LogP contribution >= 0.6 is 7.26 Å². The Labute approximate surface area is 134 Å². The van der Waals surface area contributed by atoms with Crippen LogP contribution in [-0.4, -0.2) is 24.6 Å². The molecule has 0 amide bonds. The molecule has 0 N–H and O–H groups in total. The SMILES string of the molecule is CCCC[P+](CCCC)(CCCC)CCCC.[IH2+]. The number of hydrogen-bond donors (Lipinski definition) is 0. The van der Waals surface area contributed by atoms with E-state index in [2.05, 4.69) is 27.7 Å². The smallest absolute Gasteiger partial charge is 0.0652 e. The molecule has 0 saturated heterocycles. The minimum absolute atomic E-state index is 0. The van der Waals surface area contributed by atoms with Gasteiger partial charge in [-0.25, -0.2) is 0 Å². The first-order valence-electron chi connectivity index (χ1n) is 8.09. The lowest BCUT2D eigenvalue weighted by atomic mass is 10.4. The van der Waals surface area contributed by atoms with E-state index in [-0.39, 0.29) is 24.0 Å². The van der Waals surface area contributed by atoms with E-state index < -0.39 is 7.26 Å². The highest BCUT2D eigenvalue weighted by atomic mass is 127. The van der Waals surface area contributed by atoms with Crippen molar-refractivity contribution in [1.29, 1.82) is 0 Å². The van der Waals surface area contributed by atoms with Crippen molar-refractivity contribution in [2.24, 2.45) is 0 Å². The average molecular weight is 388 g/mol. The molecular weight excluding hydrogens is 350 g/mol. The van der Waals surface area contributed by atoms with Crippen molar-refractivity contribution >= 4 is 7.26 Å². The van der Waals surface area contributed by atoms with Gasteiger partial charge in [0.25, 0.3) is 0 Å². The summed E-state index contributed by atoms with van der Waals surface area (Å²) in [4.78, 5) is 0. The Morgan fingerprint density at radius 2 is 0.722 bits per heavy atom. The fourth-order valence-corrected chi connectivity index (χ4v) is 7.93. The largest absolute Gasteiger partial charge is 0.235 e. The molecule has 0 fully saturated rings. The van der Waals surface area contributed by atoms with Crippen LogP contribution in [0.4, 0.5) is 0 Å². The molecule has 0 radical (unpaired) electrons. The van der Waals surface area contributed by atoms with Gasteiger partial charge < -0.3 is 0 Å². The van der Waals surface area contributed by atoms with Crippen LogP contribution in [0.2, 0.25) is 0 Å². The summed E-state index contributed by atoms with van der Waals surface area (Å²) in [5.41, 5.74) is 0. The first-order chi connectivity index (χ1) is 8.24. The second-order valence-electron chi connectivity index (χ2n) is 5.65. The summed E-state index contributed by atoms with van der Waals surface area (Å²) in [6.45, 7) is 9.42. The molecule has 0 aromatic heterocycles. The quantitative estimate of drug-likeness (QED) is 0.356. The van der Waals surface area contributed by atoms with Crippen molar-refractivity contribution in [2.75, 3.05) is 24.6 Å². The lowest BCUT2D eigenvalue weighted by Crippen LogP contribution is -3.00. The van der Waals surface area contributed by atoms with E-state index in [1.807, 2.05) is 0 Å². The predicted octanol–water partition coefficient (Wildman–Crippen LogP) is 2.67. The Morgan fingerprint density at radius 1 is 0.500 bits per heavy atom. The normalized spacial score (nSPS) is 11.3. The van der Waals surface area contributed by atoms with Crippen molar-refractivity contribution in [3.05, 3.63) is 0 Å². The third kappa shape index (κ3) is 10.0. The van der Waals surface area contributed by atoms with Crippen molar-refractivity contribution in [2.45, 2.75) is 79.1 Å². The minimum atomic E-state index is -0.562. The molecule has 0 unspecified atom stereocenters. The molecule has 0 aliphatic heterocycles. The minimum Gasteiger partial charge on any atom is -0.0652 e. The van der Waals surface area contributed by atoms with Crippen LogP contribution in [0.1, 0.15) is 79.1 Å². The molecular formula is C16H38IP+2. The highest BCUT2D eigenvalue weighted by Crippen LogP contribution is 2.61. The first kappa shape index (κ1) is 21.5. The van der Waals surface area contributed by atoms with Crippen LogP contribution in [0.3, 0.4) is 0 Å². The lowest BCUT2D eigenvalue weighted by Gasteiger charge is -2.28. The van der Waals surface area contributed by atoms with E-state index in [1.165, 1.54) is 51.4 Å². The molecule has 0 aromatic carbocycles. The molecule has 0 bridgehead atoms. The maximum Gasteiger partial charge on any atom is 0.235 e. The van der Waals surface area contributed by atoms with Crippen molar-refractivity contribution in [3.8, 4) is 0 Å². The summed E-state index contributed by atoms with van der Waals surface area (Å²) in [5, 5.41) is 0. The maximum absolute atomic E-state index is 2.36. The van der Waals surface area contributed by atoms with Gasteiger partial charge in [-0.15, -0.1) is 0 Å². The van der Waals surface area contributed by atoms with Gasteiger partial charge >= 0.3 is 0 Å².